The number of halogens is 1. The first kappa shape index (κ1) is 14.6. The maximum absolute atomic E-state index is 10.9. The zero-order valence-electron chi connectivity index (χ0n) is 12.2. The van der Waals surface area contributed by atoms with Crippen molar-refractivity contribution in [2.75, 3.05) is 7.11 Å². The van der Waals surface area contributed by atoms with E-state index in [1.165, 1.54) is 0 Å². The van der Waals surface area contributed by atoms with Gasteiger partial charge in [-0.1, -0.05) is 12.8 Å². The number of hydrogen-bond acceptors (Lipinski definition) is 4. The molecule has 1 aromatic rings. The number of rotatable bonds is 3. The smallest absolute Gasteiger partial charge is 0.235 e. The van der Waals surface area contributed by atoms with E-state index in [-0.39, 0.29) is 6.10 Å². The Kier molecular flexibility index (Phi) is 3.80. The molecule has 1 heterocycles. The number of benzene rings is 1. The summed E-state index contributed by atoms with van der Waals surface area (Å²) in [7, 11) is 1.64. The molecule has 0 radical (unpaired) electrons. The Morgan fingerprint density at radius 1 is 1.48 bits per heavy atom. The molecule has 1 fully saturated rings. The fourth-order valence-corrected chi connectivity index (χ4v) is 4.32. The van der Waals surface area contributed by atoms with Gasteiger partial charge in [0.2, 0.25) is 6.08 Å². The molecule has 1 aliphatic heterocycles. The minimum absolute atomic E-state index is 0.134. The molecule has 0 bridgehead atoms. The molecule has 5 heteroatoms. The van der Waals surface area contributed by atoms with Gasteiger partial charge in [-0.25, -0.2) is 4.79 Å². The van der Waals surface area contributed by atoms with Crippen LogP contribution in [0.4, 0.5) is 0 Å². The molecule has 0 N–H and O–H groups in total. The van der Waals surface area contributed by atoms with Crippen LogP contribution < -0.4 is 9.47 Å². The third-order valence-corrected chi connectivity index (χ3v) is 5.40. The normalized spacial score (nSPS) is 22.3. The molecule has 2 aliphatic rings. The van der Waals surface area contributed by atoms with E-state index in [4.69, 9.17) is 9.47 Å². The first-order valence-corrected chi connectivity index (χ1v) is 8.06. The molecule has 0 saturated heterocycles. The fraction of sp³-hybridized carbons (Fsp3) is 0.562. The number of fused-ring (bicyclic) bond motifs is 1. The van der Waals surface area contributed by atoms with Crippen molar-refractivity contribution in [3.05, 3.63) is 21.7 Å². The molecule has 0 aromatic heterocycles. The SMILES string of the molecule is COc1cc(C2(N=C=O)CCCC2)c(Br)c2c1OC(C)C2. The van der Waals surface area contributed by atoms with Crippen molar-refractivity contribution >= 4 is 22.0 Å². The van der Waals surface area contributed by atoms with Crippen LogP contribution in [0, 0.1) is 0 Å². The van der Waals surface area contributed by atoms with Crippen LogP contribution in [0.2, 0.25) is 0 Å². The minimum atomic E-state index is -0.464. The van der Waals surface area contributed by atoms with Crippen molar-refractivity contribution in [3.8, 4) is 11.5 Å². The fourth-order valence-electron chi connectivity index (χ4n) is 3.49. The highest BCUT2D eigenvalue weighted by molar-refractivity contribution is 9.10. The van der Waals surface area contributed by atoms with Gasteiger partial charge in [0.25, 0.3) is 0 Å². The first-order chi connectivity index (χ1) is 10.1. The Hall–Kier alpha value is -1.32. The first-order valence-electron chi connectivity index (χ1n) is 7.27. The van der Waals surface area contributed by atoms with Gasteiger partial charge in [-0.2, -0.15) is 4.99 Å². The van der Waals surface area contributed by atoms with Gasteiger partial charge in [0.15, 0.2) is 11.5 Å². The minimum Gasteiger partial charge on any atom is -0.493 e. The van der Waals surface area contributed by atoms with Crippen LogP contribution in [0.1, 0.15) is 43.7 Å². The summed E-state index contributed by atoms with van der Waals surface area (Å²) in [5.74, 6) is 1.53. The van der Waals surface area contributed by atoms with Gasteiger partial charge in [0.05, 0.1) is 12.6 Å². The van der Waals surface area contributed by atoms with Crippen LogP contribution in [0.5, 0.6) is 11.5 Å². The van der Waals surface area contributed by atoms with Crippen LogP contribution in [-0.4, -0.2) is 19.3 Å². The van der Waals surface area contributed by atoms with E-state index < -0.39 is 5.54 Å². The average molecular weight is 352 g/mol. The van der Waals surface area contributed by atoms with Gasteiger partial charge in [-0.3, -0.25) is 0 Å². The van der Waals surface area contributed by atoms with Gasteiger partial charge in [0, 0.05) is 16.5 Å². The summed E-state index contributed by atoms with van der Waals surface area (Å²) in [5.41, 5.74) is 1.68. The summed E-state index contributed by atoms with van der Waals surface area (Å²) in [4.78, 5) is 15.1. The van der Waals surface area contributed by atoms with Crippen LogP contribution >= 0.6 is 15.9 Å². The summed E-state index contributed by atoms with van der Waals surface area (Å²) < 4.78 is 12.4. The van der Waals surface area contributed by atoms with Crippen LogP contribution in [0.3, 0.4) is 0 Å². The molecule has 0 spiro atoms. The molecule has 0 amide bonds. The van der Waals surface area contributed by atoms with Crippen molar-refractivity contribution in [2.45, 2.75) is 50.7 Å². The van der Waals surface area contributed by atoms with E-state index in [2.05, 4.69) is 20.9 Å². The number of hydrogen-bond donors (Lipinski definition) is 0. The van der Waals surface area contributed by atoms with E-state index >= 15 is 0 Å². The third-order valence-electron chi connectivity index (χ3n) is 4.50. The largest absolute Gasteiger partial charge is 0.493 e. The van der Waals surface area contributed by atoms with E-state index in [0.29, 0.717) is 0 Å². The molecule has 4 nitrogen and oxygen atoms in total. The van der Waals surface area contributed by atoms with Crippen LogP contribution in [-0.2, 0) is 16.8 Å². The molecule has 1 aliphatic carbocycles. The predicted octanol–water partition coefficient (Wildman–Crippen LogP) is 3.89. The Bertz CT molecular complexity index is 616. The summed E-state index contributed by atoms with van der Waals surface area (Å²) >= 11 is 3.71. The van der Waals surface area contributed by atoms with E-state index in [0.717, 1.165) is 59.2 Å². The number of isocyanates is 1. The van der Waals surface area contributed by atoms with Gasteiger partial charge in [-0.15, -0.1) is 0 Å². The second kappa shape index (κ2) is 5.47. The Morgan fingerprint density at radius 2 is 2.19 bits per heavy atom. The van der Waals surface area contributed by atoms with Crippen molar-refractivity contribution in [2.24, 2.45) is 4.99 Å². The summed E-state index contributed by atoms with van der Waals surface area (Å²) in [6.07, 6.45) is 6.64. The summed E-state index contributed by atoms with van der Waals surface area (Å²) in [6.45, 7) is 2.04. The Balaban J connectivity index is 2.20. The molecular weight excluding hydrogens is 334 g/mol. The van der Waals surface area contributed by atoms with Crippen LogP contribution in [0.15, 0.2) is 15.5 Å². The molecule has 3 rings (SSSR count). The molecule has 1 aromatic carbocycles. The number of nitrogens with zero attached hydrogens (tertiary/aromatic N) is 1. The molecule has 21 heavy (non-hydrogen) atoms. The Labute approximate surface area is 132 Å². The maximum atomic E-state index is 10.9. The number of aliphatic imine (C=N–C) groups is 1. The quantitative estimate of drug-likeness (QED) is 0.613. The van der Waals surface area contributed by atoms with Crippen molar-refractivity contribution in [3.63, 3.8) is 0 Å². The predicted molar refractivity (Wildman–Crippen MR) is 82.8 cm³/mol. The summed E-state index contributed by atoms with van der Waals surface area (Å²) in [6, 6.07) is 1.97. The highest BCUT2D eigenvalue weighted by Crippen LogP contribution is 2.51. The van der Waals surface area contributed by atoms with E-state index in [1.54, 1.807) is 13.2 Å². The molecule has 1 saturated carbocycles. The van der Waals surface area contributed by atoms with E-state index in [9.17, 15) is 4.79 Å². The highest BCUT2D eigenvalue weighted by atomic mass is 79.9. The number of methoxy groups -OCH3 is 1. The lowest BCUT2D eigenvalue weighted by Crippen LogP contribution is -2.20. The van der Waals surface area contributed by atoms with Gasteiger partial charge in [-0.05, 0) is 47.3 Å². The zero-order valence-corrected chi connectivity index (χ0v) is 13.8. The van der Waals surface area contributed by atoms with Crippen LogP contribution in [0.25, 0.3) is 0 Å². The number of carbonyl (C=O) groups excluding carboxylic acids is 1. The van der Waals surface area contributed by atoms with E-state index in [1.807, 2.05) is 13.0 Å². The maximum Gasteiger partial charge on any atom is 0.235 e. The lowest BCUT2D eigenvalue weighted by atomic mass is 9.87. The average Bonchev–Trinajstić information content (AvgIpc) is 3.07. The van der Waals surface area contributed by atoms with Gasteiger partial charge >= 0.3 is 0 Å². The molecular formula is C16H18BrNO3. The lowest BCUT2D eigenvalue weighted by molar-refractivity contribution is 0.243. The van der Waals surface area contributed by atoms with Crippen molar-refractivity contribution < 1.29 is 14.3 Å². The number of ether oxygens (including phenoxy) is 2. The lowest BCUT2D eigenvalue weighted by Gasteiger charge is -2.26. The summed E-state index contributed by atoms with van der Waals surface area (Å²) in [5, 5.41) is 0. The standard InChI is InChI=1S/C16H18BrNO3/c1-10-7-11-14(17)12(8-13(20-2)15(11)21-10)16(18-9-19)5-3-4-6-16/h8,10H,3-7H2,1-2H3. The zero-order chi connectivity index (χ0) is 15.0. The molecule has 1 unspecified atom stereocenters. The topological polar surface area (TPSA) is 47.9 Å². The van der Waals surface area contributed by atoms with Crippen molar-refractivity contribution in [1.82, 2.24) is 0 Å². The monoisotopic (exact) mass is 351 g/mol. The van der Waals surface area contributed by atoms with Crippen molar-refractivity contribution in [1.29, 1.82) is 0 Å². The molecule has 1 atom stereocenters. The second-order valence-electron chi connectivity index (χ2n) is 5.82. The second-order valence-corrected chi connectivity index (χ2v) is 6.62. The van der Waals surface area contributed by atoms with Gasteiger partial charge < -0.3 is 9.47 Å². The Morgan fingerprint density at radius 3 is 2.81 bits per heavy atom. The van der Waals surface area contributed by atoms with Gasteiger partial charge in [0.1, 0.15) is 6.10 Å². The highest BCUT2D eigenvalue weighted by Gasteiger charge is 2.40. The molecule has 112 valence electrons. The third kappa shape index (κ3) is 2.29.